The van der Waals surface area contributed by atoms with E-state index in [0.29, 0.717) is 12.0 Å². The molecule has 0 aromatic heterocycles. The van der Waals surface area contributed by atoms with Gasteiger partial charge in [-0.15, -0.1) is 0 Å². The summed E-state index contributed by atoms with van der Waals surface area (Å²) in [6.45, 7) is 6.00. The van der Waals surface area contributed by atoms with Crippen LogP contribution >= 0.6 is 0 Å². The lowest BCUT2D eigenvalue weighted by molar-refractivity contribution is 0.0713. The van der Waals surface area contributed by atoms with Gasteiger partial charge in [0.05, 0.1) is 0 Å². The SMILES string of the molecule is CNC(CN1CCc2ccccc2C1=O)C(C)C. The fourth-order valence-electron chi connectivity index (χ4n) is 2.52. The molecule has 1 heterocycles. The Kier molecular flexibility index (Phi) is 4.02. The zero-order valence-corrected chi connectivity index (χ0v) is 11.4. The highest BCUT2D eigenvalue weighted by Crippen LogP contribution is 2.19. The smallest absolute Gasteiger partial charge is 0.254 e. The number of nitrogens with one attached hydrogen (secondary N) is 1. The number of carbonyl (C=O) groups excluding carboxylic acids is 1. The highest BCUT2D eigenvalue weighted by molar-refractivity contribution is 5.96. The molecular formula is C15H22N2O. The molecule has 1 aliphatic heterocycles. The van der Waals surface area contributed by atoms with Crippen molar-refractivity contribution in [2.45, 2.75) is 26.3 Å². The zero-order chi connectivity index (χ0) is 13.1. The maximum absolute atomic E-state index is 12.4. The Bertz CT molecular complexity index is 428. The molecule has 0 aliphatic carbocycles. The van der Waals surface area contributed by atoms with Gasteiger partial charge in [-0.3, -0.25) is 4.79 Å². The minimum atomic E-state index is 0.178. The topological polar surface area (TPSA) is 32.3 Å². The van der Waals surface area contributed by atoms with E-state index in [9.17, 15) is 4.79 Å². The molecule has 0 saturated carbocycles. The molecule has 1 unspecified atom stereocenters. The van der Waals surface area contributed by atoms with E-state index < -0.39 is 0 Å². The fourth-order valence-corrected chi connectivity index (χ4v) is 2.52. The maximum Gasteiger partial charge on any atom is 0.254 e. The molecule has 3 heteroatoms. The normalized spacial score (nSPS) is 16.9. The zero-order valence-electron chi connectivity index (χ0n) is 11.4. The van der Waals surface area contributed by atoms with E-state index in [2.05, 4.69) is 25.2 Å². The van der Waals surface area contributed by atoms with Crippen molar-refractivity contribution >= 4 is 5.91 Å². The van der Waals surface area contributed by atoms with Crippen LogP contribution < -0.4 is 5.32 Å². The Balaban J connectivity index is 2.12. The van der Waals surface area contributed by atoms with E-state index in [1.54, 1.807) is 0 Å². The Labute approximate surface area is 109 Å². The molecule has 0 radical (unpaired) electrons. The number of hydrogen-bond donors (Lipinski definition) is 1. The number of fused-ring (bicyclic) bond motifs is 1. The van der Waals surface area contributed by atoms with Crippen LogP contribution in [0.2, 0.25) is 0 Å². The number of likely N-dealkylation sites (N-methyl/N-ethyl adjacent to an activating group) is 1. The first-order chi connectivity index (χ1) is 8.63. The van der Waals surface area contributed by atoms with Crippen molar-refractivity contribution in [3.8, 4) is 0 Å². The van der Waals surface area contributed by atoms with Gasteiger partial charge in [0.2, 0.25) is 0 Å². The van der Waals surface area contributed by atoms with E-state index in [-0.39, 0.29) is 5.91 Å². The largest absolute Gasteiger partial charge is 0.337 e. The standard InChI is InChI=1S/C15H22N2O/c1-11(2)14(16-3)10-17-9-8-12-6-4-5-7-13(12)15(17)18/h4-7,11,14,16H,8-10H2,1-3H3. The summed E-state index contributed by atoms with van der Waals surface area (Å²) >= 11 is 0. The molecule has 3 nitrogen and oxygen atoms in total. The minimum absolute atomic E-state index is 0.178. The van der Waals surface area contributed by atoms with Crippen LogP contribution in [-0.2, 0) is 6.42 Å². The molecule has 0 fully saturated rings. The summed E-state index contributed by atoms with van der Waals surface area (Å²) in [6, 6.07) is 8.31. The van der Waals surface area contributed by atoms with Crippen LogP contribution in [-0.4, -0.2) is 37.0 Å². The van der Waals surface area contributed by atoms with Gasteiger partial charge < -0.3 is 10.2 Å². The summed E-state index contributed by atoms with van der Waals surface area (Å²) in [4.78, 5) is 14.4. The van der Waals surface area contributed by atoms with Gasteiger partial charge in [-0.05, 0) is 31.0 Å². The summed E-state index contributed by atoms with van der Waals surface area (Å²) in [5.41, 5.74) is 2.06. The van der Waals surface area contributed by atoms with Crippen molar-refractivity contribution < 1.29 is 4.79 Å². The van der Waals surface area contributed by atoms with Gasteiger partial charge in [-0.25, -0.2) is 0 Å². The lowest BCUT2D eigenvalue weighted by Crippen LogP contribution is -2.47. The molecule has 1 atom stereocenters. The van der Waals surface area contributed by atoms with E-state index in [1.165, 1.54) is 5.56 Å². The van der Waals surface area contributed by atoms with E-state index in [4.69, 9.17) is 0 Å². The number of benzene rings is 1. The second kappa shape index (κ2) is 5.53. The third kappa shape index (κ3) is 2.56. The summed E-state index contributed by atoms with van der Waals surface area (Å²) in [5.74, 6) is 0.706. The predicted octanol–water partition coefficient (Wildman–Crippen LogP) is 1.93. The third-order valence-corrected chi connectivity index (χ3v) is 3.78. The van der Waals surface area contributed by atoms with Crippen LogP contribution in [0.5, 0.6) is 0 Å². The molecular weight excluding hydrogens is 224 g/mol. The van der Waals surface area contributed by atoms with Gasteiger partial charge in [0.1, 0.15) is 0 Å². The van der Waals surface area contributed by atoms with Gasteiger partial charge >= 0.3 is 0 Å². The average Bonchev–Trinajstić information content (AvgIpc) is 2.38. The van der Waals surface area contributed by atoms with Crippen LogP contribution in [0.15, 0.2) is 24.3 Å². The van der Waals surface area contributed by atoms with Crippen molar-refractivity contribution in [3.05, 3.63) is 35.4 Å². The van der Waals surface area contributed by atoms with Gasteiger partial charge in [0.25, 0.3) is 5.91 Å². The van der Waals surface area contributed by atoms with E-state index >= 15 is 0 Å². The van der Waals surface area contributed by atoms with Crippen molar-refractivity contribution in [1.82, 2.24) is 10.2 Å². The number of carbonyl (C=O) groups is 1. The van der Waals surface area contributed by atoms with Crippen LogP contribution in [0.3, 0.4) is 0 Å². The van der Waals surface area contributed by atoms with Crippen molar-refractivity contribution in [2.24, 2.45) is 5.92 Å². The molecule has 1 aliphatic rings. The Hall–Kier alpha value is -1.35. The Morgan fingerprint density at radius 2 is 2.06 bits per heavy atom. The third-order valence-electron chi connectivity index (χ3n) is 3.78. The second-order valence-electron chi connectivity index (χ2n) is 5.30. The van der Waals surface area contributed by atoms with Gasteiger partial charge in [0.15, 0.2) is 0 Å². The van der Waals surface area contributed by atoms with Crippen molar-refractivity contribution in [3.63, 3.8) is 0 Å². The number of nitrogens with zero attached hydrogens (tertiary/aromatic N) is 1. The van der Waals surface area contributed by atoms with Gasteiger partial charge in [-0.2, -0.15) is 0 Å². The highest BCUT2D eigenvalue weighted by Gasteiger charge is 2.26. The molecule has 1 N–H and O–H groups in total. The fraction of sp³-hybridized carbons (Fsp3) is 0.533. The molecule has 2 rings (SSSR count). The predicted molar refractivity (Wildman–Crippen MR) is 73.7 cm³/mol. The van der Waals surface area contributed by atoms with E-state index in [0.717, 1.165) is 25.1 Å². The van der Waals surface area contributed by atoms with Crippen LogP contribution in [0.1, 0.15) is 29.8 Å². The number of hydrogen-bond acceptors (Lipinski definition) is 2. The summed E-state index contributed by atoms with van der Waals surface area (Å²) in [5, 5.41) is 3.30. The lowest BCUT2D eigenvalue weighted by atomic mass is 9.97. The van der Waals surface area contributed by atoms with E-state index in [1.807, 2.05) is 30.1 Å². The van der Waals surface area contributed by atoms with Crippen LogP contribution in [0.4, 0.5) is 0 Å². The first-order valence-corrected chi connectivity index (χ1v) is 6.68. The van der Waals surface area contributed by atoms with Crippen molar-refractivity contribution in [2.75, 3.05) is 20.1 Å². The number of rotatable bonds is 4. The number of amides is 1. The highest BCUT2D eigenvalue weighted by atomic mass is 16.2. The Morgan fingerprint density at radius 1 is 1.33 bits per heavy atom. The second-order valence-corrected chi connectivity index (χ2v) is 5.30. The molecule has 1 aromatic rings. The first-order valence-electron chi connectivity index (χ1n) is 6.68. The monoisotopic (exact) mass is 246 g/mol. The van der Waals surface area contributed by atoms with Gasteiger partial charge in [-0.1, -0.05) is 32.0 Å². The molecule has 0 saturated heterocycles. The maximum atomic E-state index is 12.4. The minimum Gasteiger partial charge on any atom is -0.337 e. The Morgan fingerprint density at radius 3 is 2.72 bits per heavy atom. The summed E-state index contributed by atoms with van der Waals surface area (Å²) < 4.78 is 0. The molecule has 1 amide bonds. The summed E-state index contributed by atoms with van der Waals surface area (Å²) in [7, 11) is 1.97. The average molecular weight is 246 g/mol. The summed E-state index contributed by atoms with van der Waals surface area (Å²) in [6.07, 6.45) is 0.969. The molecule has 98 valence electrons. The molecule has 0 spiro atoms. The lowest BCUT2D eigenvalue weighted by Gasteiger charge is -2.33. The quantitative estimate of drug-likeness (QED) is 0.880. The van der Waals surface area contributed by atoms with Crippen LogP contribution in [0, 0.1) is 5.92 Å². The van der Waals surface area contributed by atoms with Gasteiger partial charge in [0, 0.05) is 24.7 Å². The first kappa shape index (κ1) is 13.1. The molecule has 0 bridgehead atoms. The van der Waals surface area contributed by atoms with Crippen LogP contribution in [0.25, 0.3) is 0 Å². The molecule has 18 heavy (non-hydrogen) atoms. The molecule has 1 aromatic carbocycles. The van der Waals surface area contributed by atoms with Crippen molar-refractivity contribution in [1.29, 1.82) is 0 Å².